The van der Waals surface area contributed by atoms with Crippen molar-refractivity contribution in [3.63, 3.8) is 0 Å². The zero-order chi connectivity index (χ0) is 11.3. The smallest absolute Gasteiger partial charge is 0.155 e. The van der Waals surface area contributed by atoms with Crippen LogP contribution in [-0.4, -0.2) is 14.2 Å². The lowest BCUT2D eigenvalue weighted by molar-refractivity contribution is 0.595. The fraction of sp³-hybridized carbons (Fsp3) is 0.273. The van der Waals surface area contributed by atoms with Gasteiger partial charge < -0.3 is 5.73 Å². The van der Waals surface area contributed by atoms with Crippen LogP contribution in [0.2, 0.25) is 0 Å². The summed E-state index contributed by atoms with van der Waals surface area (Å²) in [6.07, 6.45) is 5.28. The van der Waals surface area contributed by atoms with Crippen molar-refractivity contribution in [1.29, 1.82) is 0 Å². The fourth-order valence-corrected chi connectivity index (χ4v) is 2.43. The second-order valence-corrected chi connectivity index (χ2v) is 5.47. The molecule has 0 radical (unpaired) electrons. The van der Waals surface area contributed by atoms with Gasteiger partial charge in [0.1, 0.15) is 0 Å². The van der Waals surface area contributed by atoms with E-state index in [9.17, 15) is 8.42 Å². The van der Waals surface area contributed by atoms with Crippen molar-refractivity contribution in [3.05, 3.63) is 29.8 Å². The second kappa shape index (κ2) is 4.85. The number of nitrogen functional groups attached to an aromatic ring is 1. The first kappa shape index (κ1) is 11.6. The summed E-state index contributed by atoms with van der Waals surface area (Å²) < 4.78 is 23.0. The minimum Gasteiger partial charge on any atom is -0.399 e. The molecule has 15 heavy (non-hydrogen) atoms. The van der Waals surface area contributed by atoms with Gasteiger partial charge in [-0.1, -0.05) is 12.1 Å². The Labute approximate surface area is 90.2 Å². The Morgan fingerprint density at radius 2 is 1.87 bits per heavy atom. The first-order valence-electron chi connectivity index (χ1n) is 4.52. The Morgan fingerprint density at radius 3 is 2.40 bits per heavy atom. The van der Waals surface area contributed by atoms with Crippen LogP contribution >= 0.6 is 0 Å². The minimum atomic E-state index is -3.09. The summed E-state index contributed by atoms with van der Waals surface area (Å²) in [5, 5.41) is 0. The maximum atomic E-state index is 11.5. The molecule has 0 atom stereocenters. The van der Waals surface area contributed by atoms with Crippen LogP contribution in [0.15, 0.2) is 24.3 Å². The molecule has 0 heterocycles. The van der Waals surface area contributed by atoms with E-state index in [2.05, 4.69) is 5.92 Å². The number of nitrogens with two attached hydrogens (primary N) is 1. The molecular formula is C11H13NO2S. The molecule has 0 fully saturated rings. The molecular weight excluding hydrogens is 210 g/mol. The zero-order valence-corrected chi connectivity index (χ0v) is 9.13. The predicted octanol–water partition coefficient (Wildman–Crippen LogP) is 1.21. The van der Waals surface area contributed by atoms with Gasteiger partial charge in [0.2, 0.25) is 0 Å². The third-order valence-corrected chi connectivity index (χ3v) is 3.52. The molecule has 4 heteroatoms. The van der Waals surface area contributed by atoms with E-state index in [0.717, 1.165) is 5.56 Å². The van der Waals surface area contributed by atoms with Crippen LogP contribution in [0.5, 0.6) is 0 Å². The average Bonchev–Trinajstić information content (AvgIpc) is 2.18. The third-order valence-electron chi connectivity index (χ3n) is 1.92. The molecule has 2 N–H and O–H groups in total. The molecule has 0 unspecified atom stereocenters. The van der Waals surface area contributed by atoms with Crippen LogP contribution in [0.3, 0.4) is 0 Å². The van der Waals surface area contributed by atoms with E-state index in [1.165, 1.54) is 0 Å². The van der Waals surface area contributed by atoms with Crippen LogP contribution in [0.1, 0.15) is 12.0 Å². The average molecular weight is 223 g/mol. The first-order chi connectivity index (χ1) is 7.03. The Balaban J connectivity index is 2.70. The zero-order valence-electron chi connectivity index (χ0n) is 8.31. The summed E-state index contributed by atoms with van der Waals surface area (Å²) in [5.74, 6) is 2.38. The van der Waals surface area contributed by atoms with Gasteiger partial charge in [0.15, 0.2) is 9.84 Å². The molecule has 0 spiro atoms. The minimum absolute atomic E-state index is 0.0228. The van der Waals surface area contributed by atoms with E-state index >= 15 is 0 Å². The molecule has 1 aromatic carbocycles. The van der Waals surface area contributed by atoms with Crippen molar-refractivity contribution in [2.75, 3.05) is 11.5 Å². The van der Waals surface area contributed by atoms with Crippen LogP contribution in [0, 0.1) is 12.3 Å². The third kappa shape index (κ3) is 4.05. The SMILES string of the molecule is C#CCCS(=O)(=O)Cc1ccc(N)cc1. The van der Waals surface area contributed by atoms with Crippen LogP contribution in [0.25, 0.3) is 0 Å². The van der Waals surface area contributed by atoms with Crippen LogP contribution < -0.4 is 5.73 Å². The Kier molecular flexibility index (Phi) is 3.75. The summed E-state index contributed by atoms with van der Waals surface area (Å²) in [6, 6.07) is 6.80. The maximum absolute atomic E-state index is 11.5. The molecule has 0 aliphatic rings. The topological polar surface area (TPSA) is 60.2 Å². The molecule has 0 saturated heterocycles. The lowest BCUT2D eigenvalue weighted by Crippen LogP contribution is -2.08. The lowest BCUT2D eigenvalue weighted by atomic mass is 10.2. The normalized spacial score (nSPS) is 10.9. The Hall–Kier alpha value is -1.47. The monoisotopic (exact) mass is 223 g/mol. The molecule has 80 valence electrons. The molecule has 1 aromatic rings. The van der Waals surface area contributed by atoms with Gasteiger partial charge in [0.25, 0.3) is 0 Å². The van der Waals surface area contributed by atoms with Crippen molar-refractivity contribution in [1.82, 2.24) is 0 Å². The molecule has 3 nitrogen and oxygen atoms in total. The number of anilines is 1. The summed E-state index contributed by atoms with van der Waals surface area (Å²) in [6.45, 7) is 0. The van der Waals surface area contributed by atoms with Crippen LogP contribution in [0.4, 0.5) is 5.69 Å². The number of rotatable bonds is 4. The van der Waals surface area contributed by atoms with E-state index < -0.39 is 9.84 Å². The van der Waals surface area contributed by atoms with Crippen molar-refractivity contribution in [3.8, 4) is 12.3 Å². The first-order valence-corrected chi connectivity index (χ1v) is 6.34. The predicted molar refractivity (Wildman–Crippen MR) is 61.8 cm³/mol. The lowest BCUT2D eigenvalue weighted by Gasteiger charge is -2.02. The van der Waals surface area contributed by atoms with Gasteiger partial charge >= 0.3 is 0 Å². The van der Waals surface area contributed by atoms with E-state index in [1.54, 1.807) is 24.3 Å². The Bertz CT molecular complexity index is 454. The highest BCUT2D eigenvalue weighted by atomic mass is 32.2. The van der Waals surface area contributed by atoms with E-state index in [4.69, 9.17) is 12.2 Å². The number of terminal acetylenes is 1. The summed E-state index contributed by atoms with van der Waals surface area (Å²) in [7, 11) is -3.09. The van der Waals surface area contributed by atoms with Crippen LogP contribution in [-0.2, 0) is 15.6 Å². The summed E-state index contributed by atoms with van der Waals surface area (Å²) in [4.78, 5) is 0. The number of sulfone groups is 1. The van der Waals surface area contributed by atoms with Crippen molar-refractivity contribution in [2.45, 2.75) is 12.2 Å². The van der Waals surface area contributed by atoms with Gasteiger partial charge in [-0.05, 0) is 17.7 Å². The number of hydrogen-bond donors (Lipinski definition) is 1. The standard InChI is InChI=1S/C11H13NO2S/c1-2-3-8-15(13,14)9-10-4-6-11(12)7-5-10/h1,4-7H,3,8-9,12H2. The van der Waals surface area contributed by atoms with Gasteiger partial charge in [-0.3, -0.25) is 0 Å². The quantitative estimate of drug-likeness (QED) is 0.616. The van der Waals surface area contributed by atoms with Crippen molar-refractivity contribution < 1.29 is 8.42 Å². The summed E-state index contributed by atoms with van der Waals surface area (Å²) in [5.41, 5.74) is 6.86. The molecule has 0 aromatic heterocycles. The van der Waals surface area contributed by atoms with E-state index in [-0.39, 0.29) is 17.9 Å². The Morgan fingerprint density at radius 1 is 1.27 bits per heavy atom. The maximum Gasteiger partial charge on any atom is 0.155 e. The van der Waals surface area contributed by atoms with E-state index in [0.29, 0.717) is 5.69 Å². The van der Waals surface area contributed by atoms with Gasteiger partial charge in [0, 0.05) is 12.1 Å². The van der Waals surface area contributed by atoms with Crippen molar-refractivity contribution >= 4 is 15.5 Å². The second-order valence-electron chi connectivity index (χ2n) is 3.29. The van der Waals surface area contributed by atoms with Gasteiger partial charge in [-0.2, -0.15) is 0 Å². The summed E-state index contributed by atoms with van der Waals surface area (Å²) >= 11 is 0. The van der Waals surface area contributed by atoms with Crippen molar-refractivity contribution in [2.24, 2.45) is 0 Å². The van der Waals surface area contributed by atoms with Gasteiger partial charge in [-0.15, -0.1) is 12.3 Å². The molecule has 0 aliphatic heterocycles. The molecule has 0 amide bonds. The largest absolute Gasteiger partial charge is 0.399 e. The van der Waals surface area contributed by atoms with E-state index in [1.807, 2.05) is 0 Å². The van der Waals surface area contributed by atoms with Gasteiger partial charge in [-0.25, -0.2) is 8.42 Å². The van der Waals surface area contributed by atoms with Gasteiger partial charge in [0.05, 0.1) is 11.5 Å². The number of hydrogen-bond acceptors (Lipinski definition) is 3. The fourth-order valence-electron chi connectivity index (χ4n) is 1.15. The molecule has 0 aliphatic carbocycles. The number of benzene rings is 1. The highest BCUT2D eigenvalue weighted by molar-refractivity contribution is 7.90. The molecule has 0 bridgehead atoms. The molecule has 1 rings (SSSR count). The highest BCUT2D eigenvalue weighted by Crippen LogP contribution is 2.10. The molecule has 0 saturated carbocycles. The highest BCUT2D eigenvalue weighted by Gasteiger charge is 2.10.